The van der Waals surface area contributed by atoms with Crippen molar-refractivity contribution >= 4 is 11.8 Å². The van der Waals surface area contributed by atoms with Crippen molar-refractivity contribution in [1.29, 1.82) is 0 Å². The first-order chi connectivity index (χ1) is 17.4. The second-order valence-corrected chi connectivity index (χ2v) is 8.39. The normalized spacial score (nSPS) is 20.0. The molecule has 1 aliphatic heterocycles. The number of aliphatic hydroxyl groups excluding tert-OH is 1. The number of rotatable bonds is 8. The van der Waals surface area contributed by atoms with E-state index in [1.807, 2.05) is 35.3 Å². The molecule has 3 aromatic rings. The molecule has 0 saturated carbocycles. The minimum Gasteiger partial charge on any atom is -0.394 e. The number of aliphatic hydroxyl groups is 1. The Kier molecular flexibility index (Phi) is 7.71. The van der Waals surface area contributed by atoms with Crippen LogP contribution in [-0.2, 0) is 16.0 Å². The second-order valence-electron chi connectivity index (χ2n) is 8.39. The van der Waals surface area contributed by atoms with Crippen molar-refractivity contribution in [2.45, 2.75) is 37.3 Å². The number of hydrogen-bond acceptors (Lipinski definition) is 6. The third-order valence-electron chi connectivity index (χ3n) is 5.92. The van der Waals surface area contributed by atoms with Crippen molar-refractivity contribution in [1.82, 2.24) is 20.2 Å². The molecular weight excluding hydrogens is 471 g/mol. The van der Waals surface area contributed by atoms with E-state index in [9.17, 15) is 28.7 Å². The average molecular weight is 496 g/mol. The molecule has 2 aromatic carbocycles. The average Bonchev–Trinajstić information content (AvgIpc) is 3.29. The number of halogens is 1. The molecule has 1 aliphatic rings. The summed E-state index contributed by atoms with van der Waals surface area (Å²) in [6, 6.07) is 15.9. The van der Waals surface area contributed by atoms with Crippen LogP contribution in [-0.4, -0.2) is 51.3 Å². The van der Waals surface area contributed by atoms with Gasteiger partial charge in [0.15, 0.2) is 0 Å². The lowest BCUT2D eigenvalue weighted by Gasteiger charge is -2.23. The maximum atomic E-state index is 13.8. The summed E-state index contributed by atoms with van der Waals surface area (Å²) < 4.78 is 20.3. The zero-order chi connectivity index (χ0) is 25.7. The van der Waals surface area contributed by atoms with E-state index in [4.69, 9.17) is 4.74 Å². The molecule has 0 bridgehead atoms. The van der Waals surface area contributed by atoms with Gasteiger partial charge in [0.25, 0.3) is 11.5 Å². The van der Waals surface area contributed by atoms with Crippen molar-refractivity contribution in [2.24, 2.45) is 0 Å². The molecule has 4 N–H and O–H groups in total. The highest BCUT2D eigenvalue weighted by atomic mass is 19.1. The van der Waals surface area contributed by atoms with Gasteiger partial charge < -0.3 is 20.5 Å². The van der Waals surface area contributed by atoms with E-state index in [-0.39, 0.29) is 12.8 Å². The van der Waals surface area contributed by atoms with Gasteiger partial charge in [0.05, 0.1) is 18.8 Å². The summed E-state index contributed by atoms with van der Waals surface area (Å²) in [6.45, 7) is -0.484. The third-order valence-corrected chi connectivity index (χ3v) is 5.92. The molecule has 0 aliphatic carbocycles. The molecule has 11 heteroatoms. The molecule has 4 rings (SSSR count). The lowest BCUT2D eigenvalue weighted by Crippen LogP contribution is -2.52. The molecule has 36 heavy (non-hydrogen) atoms. The van der Waals surface area contributed by atoms with E-state index in [1.165, 1.54) is 0 Å². The second kappa shape index (κ2) is 11.1. The van der Waals surface area contributed by atoms with Gasteiger partial charge in [-0.05, 0) is 17.7 Å². The van der Waals surface area contributed by atoms with Crippen LogP contribution in [0, 0.1) is 5.82 Å². The predicted molar refractivity (Wildman–Crippen MR) is 127 cm³/mol. The number of carbonyl (C=O) groups is 2. The van der Waals surface area contributed by atoms with Gasteiger partial charge in [0.2, 0.25) is 11.7 Å². The molecular formula is C25H25FN4O6. The number of nitrogens with zero attached hydrogens (tertiary/aromatic N) is 1. The lowest BCUT2D eigenvalue weighted by atomic mass is 10.0. The van der Waals surface area contributed by atoms with Crippen LogP contribution >= 0.6 is 0 Å². The van der Waals surface area contributed by atoms with E-state index >= 15 is 0 Å². The summed E-state index contributed by atoms with van der Waals surface area (Å²) in [6.07, 6.45) is -0.979. The molecule has 0 spiro atoms. The Morgan fingerprint density at radius 3 is 2.44 bits per heavy atom. The Morgan fingerprint density at radius 1 is 1.11 bits per heavy atom. The van der Waals surface area contributed by atoms with E-state index in [0.29, 0.717) is 5.56 Å². The highest BCUT2D eigenvalue weighted by Crippen LogP contribution is 2.27. The number of carbonyl (C=O) groups excluding carboxylic acids is 2. The minimum atomic E-state index is -1.17. The first-order valence-electron chi connectivity index (χ1n) is 11.3. The van der Waals surface area contributed by atoms with Crippen molar-refractivity contribution in [2.75, 3.05) is 6.61 Å². The Bertz CT molecular complexity index is 1330. The highest BCUT2D eigenvalue weighted by molar-refractivity contribution is 5.97. The van der Waals surface area contributed by atoms with E-state index in [1.54, 1.807) is 30.3 Å². The van der Waals surface area contributed by atoms with Gasteiger partial charge in [-0.1, -0.05) is 48.5 Å². The molecule has 2 amide bonds. The topological polar surface area (TPSA) is 143 Å². The van der Waals surface area contributed by atoms with Crippen LogP contribution in [0.25, 0.3) is 0 Å². The summed E-state index contributed by atoms with van der Waals surface area (Å²) in [5.74, 6) is -2.12. The number of ether oxygens (including phenoxy) is 1. The molecule has 188 valence electrons. The molecule has 1 saturated heterocycles. The summed E-state index contributed by atoms with van der Waals surface area (Å²) in [5.41, 5.74) is -0.830. The Balaban J connectivity index is 1.52. The van der Waals surface area contributed by atoms with Crippen LogP contribution in [0.15, 0.2) is 76.4 Å². The van der Waals surface area contributed by atoms with E-state index in [2.05, 4.69) is 10.6 Å². The van der Waals surface area contributed by atoms with Crippen molar-refractivity contribution in [3.05, 3.63) is 105 Å². The van der Waals surface area contributed by atoms with Crippen LogP contribution in [0.3, 0.4) is 0 Å². The number of benzene rings is 2. The van der Waals surface area contributed by atoms with Crippen molar-refractivity contribution in [3.8, 4) is 0 Å². The summed E-state index contributed by atoms with van der Waals surface area (Å²) >= 11 is 0. The SMILES string of the molecule is O=C(N[C@@H](Cc1ccccc1)C(=O)N[C@H]1C[C@H](n2cc(F)c(=O)[nH]c2=O)O[C@@H]1CO)c1ccccc1. The van der Waals surface area contributed by atoms with Crippen LogP contribution < -0.4 is 21.9 Å². The maximum Gasteiger partial charge on any atom is 0.330 e. The molecule has 4 atom stereocenters. The number of hydrogen-bond donors (Lipinski definition) is 4. The van der Waals surface area contributed by atoms with Crippen LogP contribution in [0.2, 0.25) is 0 Å². The van der Waals surface area contributed by atoms with Gasteiger partial charge in [0.1, 0.15) is 18.4 Å². The smallest absolute Gasteiger partial charge is 0.330 e. The standard InChI is InChI=1S/C25H25FN4O6/c26-17-13-30(25(35)29-23(17)33)21-12-18(20(14-31)36-21)27-24(34)19(11-15-7-3-1-4-8-15)28-22(32)16-9-5-2-6-10-16/h1-10,13,18-21,31H,11-12,14H2,(H,27,34)(H,28,32)(H,29,33,35)/t18-,19-,20+,21+/m0/s1. The maximum absolute atomic E-state index is 13.8. The zero-order valence-electron chi connectivity index (χ0n) is 19.1. The number of nitrogens with one attached hydrogen (secondary N) is 3. The van der Waals surface area contributed by atoms with Gasteiger partial charge in [-0.2, -0.15) is 4.39 Å². The Labute approximate surface area is 204 Å². The fraction of sp³-hybridized carbons (Fsp3) is 0.280. The van der Waals surface area contributed by atoms with Gasteiger partial charge in [-0.3, -0.25) is 23.9 Å². The summed E-state index contributed by atoms with van der Waals surface area (Å²) in [7, 11) is 0. The quantitative estimate of drug-likeness (QED) is 0.357. The van der Waals surface area contributed by atoms with Crippen LogP contribution in [0.4, 0.5) is 4.39 Å². The van der Waals surface area contributed by atoms with Gasteiger partial charge >= 0.3 is 5.69 Å². The van der Waals surface area contributed by atoms with Crippen LogP contribution in [0.1, 0.15) is 28.6 Å². The summed E-state index contributed by atoms with van der Waals surface area (Å²) in [5, 5.41) is 15.3. The molecule has 2 heterocycles. The summed E-state index contributed by atoms with van der Waals surface area (Å²) in [4.78, 5) is 51.4. The fourth-order valence-corrected chi connectivity index (χ4v) is 4.07. The highest BCUT2D eigenvalue weighted by Gasteiger charge is 2.38. The monoisotopic (exact) mass is 496 g/mol. The number of aromatic nitrogens is 2. The molecule has 1 fully saturated rings. The molecule has 0 unspecified atom stereocenters. The molecule has 0 radical (unpaired) electrons. The lowest BCUT2D eigenvalue weighted by molar-refractivity contribution is -0.124. The Morgan fingerprint density at radius 2 is 1.78 bits per heavy atom. The predicted octanol–water partition coefficient (Wildman–Crippen LogP) is 0.482. The zero-order valence-corrected chi connectivity index (χ0v) is 19.1. The third kappa shape index (κ3) is 5.75. The molecule has 10 nitrogen and oxygen atoms in total. The first-order valence-corrected chi connectivity index (χ1v) is 11.3. The van der Waals surface area contributed by atoms with Crippen molar-refractivity contribution in [3.63, 3.8) is 0 Å². The first kappa shape index (κ1) is 25.0. The number of aromatic amines is 1. The number of H-pyrrole nitrogens is 1. The Hall–Kier alpha value is -4.09. The fourth-order valence-electron chi connectivity index (χ4n) is 4.07. The minimum absolute atomic E-state index is 0.0209. The molecule has 1 aromatic heterocycles. The van der Waals surface area contributed by atoms with Gasteiger partial charge in [0, 0.05) is 18.4 Å². The number of amides is 2. The largest absolute Gasteiger partial charge is 0.394 e. The van der Waals surface area contributed by atoms with E-state index in [0.717, 1.165) is 16.3 Å². The van der Waals surface area contributed by atoms with Gasteiger partial charge in [-0.15, -0.1) is 0 Å². The van der Waals surface area contributed by atoms with E-state index < -0.39 is 59.9 Å². The van der Waals surface area contributed by atoms with Crippen LogP contribution in [0.5, 0.6) is 0 Å². The van der Waals surface area contributed by atoms with Crippen molar-refractivity contribution < 1.29 is 23.8 Å². The van der Waals surface area contributed by atoms with Gasteiger partial charge in [-0.25, -0.2) is 4.79 Å².